The highest BCUT2D eigenvalue weighted by atomic mass is 35.5. The highest BCUT2D eigenvalue weighted by Gasteiger charge is 2.10. The van der Waals surface area contributed by atoms with E-state index in [9.17, 15) is 0 Å². The fourth-order valence-corrected chi connectivity index (χ4v) is 2.23. The van der Waals surface area contributed by atoms with Crippen molar-refractivity contribution >= 4 is 29.0 Å². The van der Waals surface area contributed by atoms with Crippen LogP contribution < -0.4 is 5.73 Å². The van der Waals surface area contributed by atoms with Crippen LogP contribution in [0, 0.1) is 20.8 Å². The molecule has 1 aromatic heterocycles. The van der Waals surface area contributed by atoms with Crippen LogP contribution in [-0.2, 0) is 6.42 Å². The predicted octanol–water partition coefficient (Wildman–Crippen LogP) is 3.73. The fourth-order valence-electron chi connectivity index (χ4n) is 2.23. The average molecular weight is 251 g/mol. The highest BCUT2D eigenvalue weighted by molar-refractivity contribution is 5.94. The van der Waals surface area contributed by atoms with E-state index >= 15 is 0 Å². The SMILES string of the molecule is CCc1nc2c(C)cc(C)cc2c(N)c1C.Cl. The number of benzene rings is 1. The molecular weight excluding hydrogens is 232 g/mol. The van der Waals surface area contributed by atoms with E-state index in [1.165, 1.54) is 11.1 Å². The smallest absolute Gasteiger partial charge is 0.0755 e. The highest BCUT2D eigenvalue weighted by Crippen LogP contribution is 2.28. The summed E-state index contributed by atoms with van der Waals surface area (Å²) in [6.07, 6.45) is 0.930. The lowest BCUT2D eigenvalue weighted by Crippen LogP contribution is -2.01. The maximum Gasteiger partial charge on any atom is 0.0755 e. The van der Waals surface area contributed by atoms with Crippen LogP contribution in [0.5, 0.6) is 0 Å². The molecule has 17 heavy (non-hydrogen) atoms. The van der Waals surface area contributed by atoms with E-state index in [1.54, 1.807) is 0 Å². The zero-order valence-electron chi connectivity index (χ0n) is 10.8. The van der Waals surface area contributed by atoms with Crippen molar-refractivity contribution in [2.45, 2.75) is 34.1 Å². The van der Waals surface area contributed by atoms with Gasteiger partial charge >= 0.3 is 0 Å². The van der Waals surface area contributed by atoms with Gasteiger partial charge in [0.25, 0.3) is 0 Å². The number of halogens is 1. The van der Waals surface area contributed by atoms with Crippen LogP contribution in [0.2, 0.25) is 0 Å². The second kappa shape index (κ2) is 4.92. The second-order valence-corrected chi connectivity index (χ2v) is 4.43. The molecule has 0 saturated carbocycles. The van der Waals surface area contributed by atoms with Crippen molar-refractivity contribution < 1.29 is 0 Å². The first-order valence-corrected chi connectivity index (χ1v) is 5.70. The summed E-state index contributed by atoms with van der Waals surface area (Å²) in [5.74, 6) is 0. The van der Waals surface area contributed by atoms with E-state index in [-0.39, 0.29) is 12.4 Å². The Morgan fingerprint density at radius 2 is 1.82 bits per heavy atom. The standard InChI is InChI=1S/C14H18N2.ClH/c1-5-12-10(4)13(15)11-7-8(2)6-9(3)14(11)16-12;/h6-7H,5H2,1-4H3,(H2,15,16);1H. The minimum atomic E-state index is 0. The molecule has 1 heterocycles. The van der Waals surface area contributed by atoms with Crippen LogP contribution in [0.25, 0.3) is 10.9 Å². The fraction of sp³-hybridized carbons (Fsp3) is 0.357. The Labute approximate surface area is 109 Å². The van der Waals surface area contributed by atoms with Gasteiger partial charge in [-0.05, 0) is 44.4 Å². The lowest BCUT2D eigenvalue weighted by molar-refractivity contribution is 1.03. The monoisotopic (exact) mass is 250 g/mol. The molecule has 0 aliphatic rings. The predicted molar refractivity (Wildman–Crippen MR) is 77.0 cm³/mol. The zero-order chi connectivity index (χ0) is 11.9. The number of hydrogen-bond acceptors (Lipinski definition) is 2. The average Bonchev–Trinajstić information content (AvgIpc) is 2.24. The Kier molecular flexibility index (Phi) is 3.99. The molecule has 0 radical (unpaired) electrons. The number of nitrogens with two attached hydrogens (primary N) is 1. The molecule has 1 aromatic carbocycles. The van der Waals surface area contributed by atoms with Gasteiger partial charge in [-0.2, -0.15) is 0 Å². The van der Waals surface area contributed by atoms with Gasteiger partial charge in [0.1, 0.15) is 0 Å². The van der Waals surface area contributed by atoms with Crippen LogP contribution in [0.4, 0.5) is 5.69 Å². The molecule has 92 valence electrons. The Morgan fingerprint density at radius 3 is 2.41 bits per heavy atom. The van der Waals surface area contributed by atoms with Crippen molar-refractivity contribution in [2.75, 3.05) is 5.73 Å². The van der Waals surface area contributed by atoms with E-state index < -0.39 is 0 Å². The van der Waals surface area contributed by atoms with Gasteiger partial charge in [-0.1, -0.05) is 18.6 Å². The van der Waals surface area contributed by atoms with Gasteiger partial charge in [0, 0.05) is 16.8 Å². The van der Waals surface area contributed by atoms with Gasteiger partial charge in [-0.15, -0.1) is 12.4 Å². The second-order valence-electron chi connectivity index (χ2n) is 4.43. The normalized spacial score (nSPS) is 10.4. The first kappa shape index (κ1) is 13.8. The number of nitrogen functional groups attached to an aromatic ring is 1. The molecule has 0 spiro atoms. The van der Waals surface area contributed by atoms with Gasteiger partial charge in [0.15, 0.2) is 0 Å². The van der Waals surface area contributed by atoms with Gasteiger partial charge in [0.05, 0.1) is 5.52 Å². The van der Waals surface area contributed by atoms with E-state index in [4.69, 9.17) is 10.7 Å². The number of pyridine rings is 1. The molecule has 0 atom stereocenters. The lowest BCUT2D eigenvalue weighted by Gasteiger charge is -2.12. The molecule has 0 saturated heterocycles. The Balaban J connectivity index is 0.00000144. The number of fused-ring (bicyclic) bond motifs is 1. The lowest BCUT2D eigenvalue weighted by atomic mass is 10.0. The molecule has 0 aliphatic carbocycles. The van der Waals surface area contributed by atoms with Crippen LogP contribution in [0.3, 0.4) is 0 Å². The maximum atomic E-state index is 6.19. The molecule has 0 bridgehead atoms. The number of aryl methyl sites for hydroxylation is 3. The Hall–Kier alpha value is -1.28. The molecule has 0 amide bonds. The van der Waals surface area contributed by atoms with Gasteiger partial charge < -0.3 is 5.73 Å². The van der Waals surface area contributed by atoms with Crippen molar-refractivity contribution in [2.24, 2.45) is 0 Å². The summed E-state index contributed by atoms with van der Waals surface area (Å²) in [4.78, 5) is 4.71. The molecule has 2 nitrogen and oxygen atoms in total. The number of hydrogen-bond donors (Lipinski definition) is 1. The summed E-state index contributed by atoms with van der Waals surface area (Å²) in [6, 6.07) is 4.28. The van der Waals surface area contributed by atoms with Crippen LogP contribution >= 0.6 is 12.4 Å². The van der Waals surface area contributed by atoms with Crippen molar-refractivity contribution in [1.29, 1.82) is 0 Å². The van der Waals surface area contributed by atoms with Gasteiger partial charge in [-0.25, -0.2) is 0 Å². The zero-order valence-corrected chi connectivity index (χ0v) is 11.6. The topological polar surface area (TPSA) is 38.9 Å². The Bertz CT molecular complexity index is 562. The maximum absolute atomic E-state index is 6.19. The van der Waals surface area contributed by atoms with Crippen molar-refractivity contribution in [3.63, 3.8) is 0 Å². The van der Waals surface area contributed by atoms with Gasteiger partial charge in [-0.3, -0.25) is 4.98 Å². The summed E-state index contributed by atoms with van der Waals surface area (Å²) < 4.78 is 0. The van der Waals surface area contributed by atoms with E-state index in [0.29, 0.717) is 0 Å². The number of anilines is 1. The molecule has 0 aliphatic heterocycles. The first-order valence-electron chi connectivity index (χ1n) is 5.70. The van der Waals surface area contributed by atoms with Crippen molar-refractivity contribution in [3.8, 4) is 0 Å². The molecule has 0 fully saturated rings. The minimum absolute atomic E-state index is 0. The third kappa shape index (κ3) is 2.22. The summed E-state index contributed by atoms with van der Waals surface area (Å²) in [6.45, 7) is 8.36. The molecule has 2 rings (SSSR count). The molecule has 2 aromatic rings. The summed E-state index contributed by atoms with van der Waals surface area (Å²) in [7, 11) is 0. The summed E-state index contributed by atoms with van der Waals surface area (Å²) in [5.41, 5.74) is 12.8. The number of rotatable bonds is 1. The quantitative estimate of drug-likeness (QED) is 0.838. The Morgan fingerprint density at radius 1 is 1.18 bits per heavy atom. The third-order valence-electron chi connectivity index (χ3n) is 3.15. The van der Waals surface area contributed by atoms with Crippen molar-refractivity contribution in [3.05, 3.63) is 34.5 Å². The van der Waals surface area contributed by atoms with Crippen LogP contribution in [-0.4, -0.2) is 4.98 Å². The molecule has 2 N–H and O–H groups in total. The third-order valence-corrected chi connectivity index (χ3v) is 3.15. The van der Waals surface area contributed by atoms with Crippen LogP contribution in [0.1, 0.15) is 29.3 Å². The summed E-state index contributed by atoms with van der Waals surface area (Å²) >= 11 is 0. The molecule has 0 unspecified atom stereocenters. The first-order chi connectivity index (χ1) is 7.54. The van der Waals surface area contributed by atoms with Gasteiger partial charge in [0.2, 0.25) is 0 Å². The number of aromatic nitrogens is 1. The number of nitrogens with zero attached hydrogens (tertiary/aromatic N) is 1. The summed E-state index contributed by atoms with van der Waals surface area (Å²) in [5, 5.41) is 1.09. The van der Waals surface area contributed by atoms with E-state index in [2.05, 4.69) is 39.8 Å². The van der Waals surface area contributed by atoms with E-state index in [1.807, 2.05) is 0 Å². The molecule has 3 heteroatoms. The molecular formula is C14H19ClN2. The van der Waals surface area contributed by atoms with Crippen LogP contribution in [0.15, 0.2) is 12.1 Å². The van der Waals surface area contributed by atoms with Crippen molar-refractivity contribution in [1.82, 2.24) is 4.98 Å². The minimum Gasteiger partial charge on any atom is -0.398 e. The largest absolute Gasteiger partial charge is 0.398 e. The van der Waals surface area contributed by atoms with E-state index in [0.717, 1.165) is 34.3 Å².